The predicted molar refractivity (Wildman–Crippen MR) is 149 cm³/mol. The number of carbonyl (C=O) groups excluding carboxylic acids is 2. The van der Waals surface area contributed by atoms with E-state index in [1.165, 1.54) is 6.20 Å². The van der Waals surface area contributed by atoms with Gasteiger partial charge in [-0.05, 0) is 37.5 Å². The van der Waals surface area contributed by atoms with Crippen LogP contribution >= 0.6 is 11.6 Å². The zero-order chi connectivity index (χ0) is 28.2. The van der Waals surface area contributed by atoms with Crippen molar-refractivity contribution in [3.63, 3.8) is 0 Å². The number of nitrogens with zero attached hydrogens (tertiary/aromatic N) is 2. The Kier molecular flexibility index (Phi) is 8.76. The lowest BCUT2D eigenvalue weighted by molar-refractivity contribution is 0.0399. The molecule has 3 N–H and O–H groups in total. The number of pyridine rings is 1. The SMILES string of the molecule is CC(CCOCCOC(=O)N1CC[C@](C)(c2cc(Cl)c[nH]c2=O)C(C)C1)=Nc1c(C(N)=O)oc2ccccc12. The zero-order valence-corrected chi connectivity index (χ0v) is 23.0. The monoisotopic (exact) mass is 556 g/mol. The largest absolute Gasteiger partial charge is 0.449 e. The van der Waals surface area contributed by atoms with Crippen LogP contribution in [0.25, 0.3) is 11.0 Å². The summed E-state index contributed by atoms with van der Waals surface area (Å²) in [6.07, 6.45) is 2.20. The van der Waals surface area contributed by atoms with E-state index in [0.717, 1.165) is 5.71 Å². The minimum absolute atomic E-state index is 0.0232. The molecule has 1 aromatic carbocycles. The van der Waals surface area contributed by atoms with Gasteiger partial charge < -0.3 is 29.5 Å². The molecule has 0 aliphatic carbocycles. The Morgan fingerprint density at radius 3 is 2.79 bits per heavy atom. The number of aromatic amines is 1. The van der Waals surface area contributed by atoms with E-state index >= 15 is 0 Å². The van der Waals surface area contributed by atoms with Gasteiger partial charge in [-0.25, -0.2) is 4.79 Å². The molecule has 0 spiro atoms. The number of carbonyl (C=O) groups is 2. The number of hydrogen-bond acceptors (Lipinski definition) is 7. The third-order valence-corrected chi connectivity index (χ3v) is 7.60. The van der Waals surface area contributed by atoms with Crippen molar-refractivity contribution in [2.75, 3.05) is 32.9 Å². The smallest absolute Gasteiger partial charge is 0.409 e. The van der Waals surface area contributed by atoms with Gasteiger partial charge in [0.15, 0.2) is 0 Å². The number of H-pyrrole nitrogens is 1. The average Bonchev–Trinajstić information content (AvgIpc) is 3.27. The lowest BCUT2D eigenvalue weighted by Crippen LogP contribution is -2.51. The molecule has 3 heterocycles. The number of halogens is 1. The van der Waals surface area contributed by atoms with Gasteiger partial charge in [-0.3, -0.25) is 14.6 Å². The van der Waals surface area contributed by atoms with Gasteiger partial charge in [0.2, 0.25) is 5.76 Å². The summed E-state index contributed by atoms with van der Waals surface area (Å²) in [5.74, 6) is -0.629. The lowest BCUT2D eigenvalue weighted by Gasteiger charge is -2.44. The molecule has 1 aliphatic heterocycles. The second-order valence-corrected chi connectivity index (χ2v) is 10.5. The van der Waals surface area contributed by atoms with Crippen LogP contribution in [0, 0.1) is 5.92 Å². The van der Waals surface area contributed by atoms with Gasteiger partial charge in [0.05, 0.1) is 18.2 Å². The van der Waals surface area contributed by atoms with Crippen LogP contribution in [0.15, 0.2) is 50.7 Å². The fourth-order valence-electron chi connectivity index (χ4n) is 4.84. The van der Waals surface area contributed by atoms with Crippen LogP contribution in [-0.4, -0.2) is 60.5 Å². The Morgan fingerprint density at radius 2 is 2.05 bits per heavy atom. The highest BCUT2D eigenvalue weighted by molar-refractivity contribution is 6.30. The number of ether oxygens (including phenoxy) is 2. The van der Waals surface area contributed by atoms with Crippen molar-refractivity contribution in [1.82, 2.24) is 9.88 Å². The molecule has 208 valence electrons. The normalized spacial score (nSPS) is 19.8. The Hall–Kier alpha value is -3.63. The average molecular weight is 557 g/mol. The number of furan rings is 1. The van der Waals surface area contributed by atoms with Crippen LogP contribution in [0.4, 0.5) is 10.5 Å². The van der Waals surface area contributed by atoms with Crippen molar-refractivity contribution >= 4 is 46.0 Å². The standard InChI is InChI=1S/C28H33ClN4O6/c1-17-16-33(10-9-28(17,3)21-14-19(29)15-31-26(21)35)27(36)38-13-12-37-11-8-18(2)32-23-20-6-4-5-7-22(20)39-24(23)25(30)34/h4-7,14-15,17H,8-13,16H2,1-3H3,(H2,30,34)(H,31,35)/t17?,28-/m0/s1. The number of aliphatic imine (C=N–C) groups is 1. The number of primary amides is 1. The molecule has 0 radical (unpaired) electrons. The molecule has 1 aliphatic rings. The first kappa shape index (κ1) is 28.4. The Labute approximate surface area is 231 Å². The van der Waals surface area contributed by atoms with Gasteiger partial charge in [0.1, 0.15) is 17.9 Å². The topological polar surface area (TPSA) is 140 Å². The Balaban J connectivity index is 1.22. The van der Waals surface area contributed by atoms with Gasteiger partial charge in [-0.15, -0.1) is 0 Å². The number of fused-ring (bicyclic) bond motifs is 1. The van der Waals surface area contributed by atoms with Crippen LogP contribution in [0.2, 0.25) is 5.02 Å². The van der Waals surface area contributed by atoms with Crippen LogP contribution < -0.4 is 11.3 Å². The molecule has 1 saturated heterocycles. The number of piperidine rings is 1. The highest BCUT2D eigenvalue weighted by Gasteiger charge is 2.41. The molecule has 10 nitrogen and oxygen atoms in total. The second-order valence-electron chi connectivity index (χ2n) is 10.0. The highest BCUT2D eigenvalue weighted by atomic mass is 35.5. The zero-order valence-electron chi connectivity index (χ0n) is 22.3. The minimum atomic E-state index is -0.679. The third-order valence-electron chi connectivity index (χ3n) is 7.38. The number of para-hydroxylation sites is 1. The third kappa shape index (κ3) is 6.34. The molecular weight excluding hydrogens is 524 g/mol. The summed E-state index contributed by atoms with van der Waals surface area (Å²) in [6, 6.07) is 8.93. The first-order valence-corrected chi connectivity index (χ1v) is 13.2. The summed E-state index contributed by atoms with van der Waals surface area (Å²) >= 11 is 6.11. The Bertz CT molecular complexity index is 1450. The molecule has 4 rings (SSSR count). The number of likely N-dealkylation sites (tertiary alicyclic amines) is 1. The quantitative estimate of drug-likeness (QED) is 0.286. The summed E-state index contributed by atoms with van der Waals surface area (Å²) in [5.41, 5.74) is 7.22. The van der Waals surface area contributed by atoms with Crippen molar-refractivity contribution in [1.29, 1.82) is 0 Å². The maximum absolute atomic E-state index is 12.6. The van der Waals surface area contributed by atoms with E-state index in [0.29, 0.717) is 59.8 Å². The fraction of sp³-hybridized carbons (Fsp3) is 0.429. The fourth-order valence-corrected chi connectivity index (χ4v) is 5.01. The number of nitrogens with two attached hydrogens (primary N) is 1. The first-order valence-electron chi connectivity index (χ1n) is 12.8. The number of benzene rings is 1. The van der Waals surface area contributed by atoms with E-state index in [-0.39, 0.29) is 30.5 Å². The van der Waals surface area contributed by atoms with Gasteiger partial charge in [-0.2, -0.15) is 0 Å². The highest BCUT2D eigenvalue weighted by Crippen LogP contribution is 2.38. The van der Waals surface area contributed by atoms with Gasteiger partial charge >= 0.3 is 6.09 Å². The predicted octanol–water partition coefficient (Wildman–Crippen LogP) is 4.81. The van der Waals surface area contributed by atoms with Crippen molar-refractivity contribution < 1.29 is 23.5 Å². The maximum atomic E-state index is 12.6. The van der Waals surface area contributed by atoms with Crippen LogP contribution in [0.3, 0.4) is 0 Å². The van der Waals surface area contributed by atoms with Crippen molar-refractivity contribution in [2.45, 2.75) is 39.0 Å². The summed E-state index contributed by atoms with van der Waals surface area (Å²) in [5, 5.41) is 1.19. The number of hydrogen-bond donors (Lipinski definition) is 2. The Morgan fingerprint density at radius 1 is 1.28 bits per heavy atom. The molecule has 0 bridgehead atoms. The molecular formula is C28H33ClN4O6. The second kappa shape index (κ2) is 12.0. The van der Waals surface area contributed by atoms with E-state index in [9.17, 15) is 14.4 Å². The van der Waals surface area contributed by atoms with E-state index < -0.39 is 17.4 Å². The van der Waals surface area contributed by atoms with Gasteiger partial charge in [-0.1, -0.05) is 37.6 Å². The molecule has 39 heavy (non-hydrogen) atoms. The van der Waals surface area contributed by atoms with Crippen LogP contribution in [-0.2, 0) is 14.9 Å². The summed E-state index contributed by atoms with van der Waals surface area (Å²) in [7, 11) is 0. The van der Waals surface area contributed by atoms with Crippen LogP contribution in [0.1, 0.15) is 49.7 Å². The van der Waals surface area contributed by atoms with Crippen LogP contribution in [0.5, 0.6) is 0 Å². The van der Waals surface area contributed by atoms with E-state index in [2.05, 4.69) is 9.98 Å². The first-order chi connectivity index (χ1) is 18.6. The maximum Gasteiger partial charge on any atom is 0.409 e. The lowest BCUT2D eigenvalue weighted by atomic mass is 9.68. The molecule has 2 aromatic heterocycles. The molecule has 3 aromatic rings. The van der Waals surface area contributed by atoms with Crippen molar-refractivity contribution in [2.24, 2.45) is 16.6 Å². The van der Waals surface area contributed by atoms with Gasteiger partial charge in [0, 0.05) is 47.8 Å². The number of aromatic nitrogens is 1. The molecule has 0 saturated carbocycles. The molecule has 1 unspecified atom stereocenters. The summed E-state index contributed by atoms with van der Waals surface area (Å²) in [6.45, 7) is 7.53. The molecule has 2 amide bonds. The number of amides is 2. The van der Waals surface area contributed by atoms with Crippen molar-refractivity contribution in [3.05, 3.63) is 63.2 Å². The van der Waals surface area contributed by atoms with Gasteiger partial charge in [0.25, 0.3) is 11.5 Å². The molecule has 2 atom stereocenters. The number of nitrogens with one attached hydrogen (secondary N) is 1. The van der Waals surface area contributed by atoms with E-state index in [1.54, 1.807) is 17.0 Å². The minimum Gasteiger partial charge on any atom is -0.449 e. The van der Waals surface area contributed by atoms with E-state index in [1.807, 2.05) is 39.0 Å². The van der Waals surface area contributed by atoms with Crippen molar-refractivity contribution in [3.8, 4) is 0 Å². The number of rotatable bonds is 9. The summed E-state index contributed by atoms with van der Waals surface area (Å²) < 4.78 is 16.6. The summed E-state index contributed by atoms with van der Waals surface area (Å²) in [4.78, 5) is 45.7. The molecule has 11 heteroatoms. The molecule has 1 fully saturated rings. The van der Waals surface area contributed by atoms with E-state index in [4.69, 9.17) is 31.2 Å².